The van der Waals surface area contributed by atoms with E-state index in [4.69, 9.17) is 0 Å². The average molecular weight is 347 g/mol. The molecule has 3 atom stereocenters. The Morgan fingerprint density at radius 3 is 2.35 bits per heavy atom. The molecule has 1 fully saturated rings. The Bertz CT molecular complexity index is 784. The molecule has 26 heavy (non-hydrogen) atoms. The summed E-state index contributed by atoms with van der Waals surface area (Å²) in [5.74, 6) is -0.0627. The SMILES string of the molecule is C=CCN1C(=O)[C@](/C=C/CC)([C@H](O)c2ccccc2)[C@H]1c1ccccc1. The van der Waals surface area contributed by atoms with Crippen LogP contribution in [0.25, 0.3) is 0 Å². The number of likely N-dealkylation sites (tertiary alicyclic amines) is 1. The summed E-state index contributed by atoms with van der Waals surface area (Å²) in [6.07, 6.45) is 5.51. The molecule has 1 aliphatic heterocycles. The number of benzene rings is 2. The van der Waals surface area contributed by atoms with Gasteiger partial charge in [0.2, 0.25) is 5.91 Å². The van der Waals surface area contributed by atoms with Gasteiger partial charge in [-0.05, 0) is 17.5 Å². The Hall–Kier alpha value is -2.65. The number of carbonyl (C=O) groups excluding carboxylic acids is 1. The van der Waals surface area contributed by atoms with E-state index in [2.05, 4.69) is 6.58 Å². The molecule has 0 saturated carbocycles. The van der Waals surface area contributed by atoms with Crippen molar-refractivity contribution in [3.63, 3.8) is 0 Å². The summed E-state index contributed by atoms with van der Waals surface area (Å²) in [4.78, 5) is 15.0. The first-order valence-electron chi connectivity index (χ1n) is 9.04. The van der Waals surface area contributed by atoms with Gasteiger partial charge in [-0.15, -0.1) is 6.58 Å². The van der Waals surface area contributed by atoms with Crippen molar-refractivity contribution in [2.75, 3.05) is 6.54 Å². The summed E-state index contributed by atoms with van der Waals surface area (Å²) >= 11 is 0. The molecule has 134 valence electrons. The Morgan fingerprint density at radius 1 is 1.15 bits per heavy atom. The fourth-order valence-electron chi connectivity index (χ4n) is 3.84. The molecule has 3 nitrogen and oxygen atoms in total. The second-order valence-electron chi connectivity index (χ2n) is 6.62. The predicted molar refractivity (Wildman–Crippen MR) is 104 cm³/mol. The van der Waals surface area contributed by atoms with Crippen LogP contribution in [0.1, 0.15) is 36.6 Å². The number of aliphatic hydroxyl groups is 1. The molecule has 0 spiro atoms. The fraction of sp³-hybridized carbons (Fsp3) is 0.261. The van der Waals surface area contributed by atoms with Gasteiger partial charge in [0.05, 0.1) is 12.1 Å². The van der Waals surface area contributed by atoms with Crippen LogP contribution in [0.15, 0.2) is 85.5 Å². The van der Waals surface area contributed by atoms with Gasteiger partial charge < -0.3 is 10.0 Å². The number of hydrogen-bond acceptors (Lipinski definition) is 2. The van der Waals surface area contributed by atoms with Crippen LogP contribution >= 0.6 is 0 Å². The fourth-order valence-corrected chi connectivity index (χ4v) is 3.84. The van der Waals surface area contributed by atoms with E-state index in [1.54, 1.807) is 11.0 Å². The molecule has 1 aliphatic rings. The van der Waals surface area contributed by atoms with E-state index < -0.39 is 11.5 Å². The minimum atomic E-state index is -0.998. The lowest BCUT2D eigenvalue weighted by Crippen LogP contribution is -2.64. The Kier molecular flexibility index (Phi) is 5.38. The van der Waals surface area contributed by atoms with E-state index in [0.29, 0.717) is 6.54 Å². The summed E-state index contributed by atoms with van der Waals surface area (Å²) in [5, 5.41) is 11.3. The summed E-state index contributed by atoms with van der Waals surface area (Å²) in [6, 6.07) is 19.1. The molecule has 2 aromatic carbocycles. The van der Waals surface area contributed by atoms with Crippen molar-refractivity contribution in [1.82, 2.24) is 4.90 Å². The molecule has 0 unspecified atom stereocenters. The molecule has 3 heteroatoms. The minimum absolute atomic E-state index is 0.0627. The second kappa shape index (κ2) is 7.71. The van der Waals surface area contributed by atoms with Gasteiger partial charge in [-0.1, -0.05) is 85.8 Å². The molecular weight excluding hydrogens is 322 g/mol. The lowest BCUT2D eigenvalue weighted by molar-refractivity contribution is -0.179. The van der Waals surface area contributed by atoms with E-state index in [0.717, 1.165) is 17.5 Å². The van der Waals surface area contributed by atoms with Crippen molar-refractivity contribution >= 4 is 5.91 Å². The van der Waals surface area contributed by atoms with Gasteiger partial charge in [-0.2, -0.15) is 0 Å². The van der Waals surface area contributed by atoms with Gasteiger partial charge >= 0.3 is 0 Å². The van der Waals surface area contributed by atoms with Crippen molar-refractivity contribution in [2.24, 2.45) is 5.41 Å². The Balaban J connectivity index is 2.13. The first kappa shape index (κ1) is 18.2. The van der Waals surface area contributed by atoms with Crippen LogP contribution in [0.2, 0.25) is 0 Å². The standard InChI is InChI=1S/C23H25NO2/c1-3-5-16-23(21(25)19-14-10-7-11-15-19)20(18-12-8-6-9-13-18)24(17-4-2)22(23)26/h4-16,20-21,25H,2-3,17H2,1H3/b16-5+/t20-,21-,23+/m1/s1. The monoisotopic (exact) mass is 347 g/mol. The number of aliphatic hydroxyl groups excluding tert-OH is 1. The number of carbonyl (C=O) groups is 1. The van der Waals surface area contributed by atoms with E-state index in [1.807, 2.05) is 79.7 Å². The number of allylic oxidation sites excluding steroid dienone is 1. The normalized spacial score (nSPS) is 23.7. The largest absolute Gasteiger partial charge is 0.387 e. The molecule has 0 bridgehead atoms. The molecule has 1 amide bonds. The van der Waals surface area contributed by atoms with Crippen LogP contribution in [0.3, 0.4) is 0 Å². The highest BCUT2D eigenvalue weighted by atomic mass is 16.3. The van der Waals surface area contributed by atoms with Gasteiger partial charge in [-0.3, -0.25) is 4.79 Å². The van der Waals surface area contributed by atoms with E-state index in [-0.39, 0.29) is 11.9 Å². The zero-order chi connectivity index (χ0) is 18.6. The molecule has 0 aromatic heterocycles. The smallest absolute Gasteiger partial charge is 0.238 e. The van der Waals surface area contributed by atoms with Crippen LogP contribution in [-0.2, 0) is 4.79 Å². The van der Waals surface area contributed by atoms with Crippen molar-refractivity contribution in [3.05, 3.63) is 96.6 Å². The van der Waals surface area contributed by atoms with Gasteiger partial charge in [0.1, 0.15) is 5.41 Å². The average Bonchev–Trinajstić information content (AvgIpc) is 2.70. The third-order valence-electron chi connectivity index (χ3n) is 5.03. The van der Waals surface area contributed by atoms with Crippen LogP contribution < -0.4 is 0 Å². The summed E-state index contributed by atoms with van der Waals surface area (Å²) in [5.41, 5.74) is 0.771. The maximum atomic E-state index is 13.2. The first-order valence-corrected chi connectivity index (χ1v) is 9.04. The Morgan fingerprint density at radius 2 is 1.77 bits per heavy atom. The van der Waals surface area contributed by atoms with E-state index in [1.165, 1.54) is 0 Å². The van der Waals surface area contributed by atoms with Crippen LogP contribution in [0.5, 0.6) is 0 Å². The first-order chi connectivity index (χ1) is 12.7. The summed E-state index contributed by atoms with van der Waals surface area (Å²) in [7, 11) is 0. The highest BCUT2D eigenvalue weighted by Gasteiger charge is 2.63. The van der Waals surface area contributed by atoms with Crippen LogP contribution in [-0.4, -0.2) is 22.5 Å². The van der Waals surface area contributed by atoms with Gasteiger partial charge in [0.25, 0.3) is 0 Å². The molecule has 1 heterocycles. The lowest BCUT2D eigenvalue weighted by atomic mass is 9.62. The lowest BCUT2D eigenvalue weighted by Gasteiger charge is -2.57. The van der Waals surface area contributed by atoms with Crippen LogP contribution in [0, 0.1) is 5.41 Å². The highest BCUT2D eigenvalue weighted by molar-refractivity contribution is 5.93. The third-order valence-corrected chi connectivity index (χ3v) is 5.03. The molecule has 0 radical (unpaired) electrons. The summed E-state index contributed by atoms with van der Waals surface area (Å²) in [6.45, 7) is 6.27. The second-order valence-corrected chi connectivity index (χ2v) is 6.62. The number of β-lactam (4-membered cyclic amide) rings is 1. The number of rotatable bonds is 7. The van der Waals surface area contributed by atoms with Crippen molar-refractivity contribution < 1.29 is 9.90 Å². The predicted octanol–water partition coefficient (Wildman–Crippen LogP) is 4.44. The zero-order valence-corrected chi connectivity index (χ0v) is 15.1. The maximum Gasteiger partial charge on any atom is 0.238 e. The van der Waals surface area contributed by atoms with Crippen LogP contribution in [0.4, 0.5) is 0 Å². The van der Waals surface area contributed by atoms with E-state index in [9.17, 15) is 9.90 Å². The molecule has 1 N–H and O–H groups in total. The van der Waals surface area contributed by atoms with Crippen molar-refractivity contribution in [1.29, 1.82) is 0 Å². The molecule has 1 saturated heterocycles. The quantitative estimate of drug-likeness (QED) is 0.594. The molecule has 0 aliphatic carbocycles. The van der Waals surface area contributed by atoms with Gasteiger partial charge in [0.15, 0.2) is 0 Å². The maximum absolute atomic E-state index is 13.2. The van der Waals surface area contributed by atoms with Gasteiger partial charge in [0, 0.05) is 6.54 Å². The molecular formula is C23H25NO2. The highest BCUT2D eigenvalue weighted by Crippen LogP contribution is 2.57. The van der Waals surface area contributed by atoms with Gasteiger partial charge in [-0.25, -0.2) is 0 Å². The van der Waals surface area contributed by atoms with E-state index >= 15 is 0 Å². The number of hydrogen-bond donors (Lipinski definition) is 1. The summed E-state index contributed by atoms with van der Waals surface area (Å²) < 4.78 is 0. The van der Waals surface area contributed by atoms with Crippen molar-refractivity contribution in [3.8, 4) is 0 Å². The Labute approximate surface area is 155 Å². The minimum Gasteiger partial charge on any atom is -0.387 e. The molecule has 2 aromatic rings. The third kappa shape index (κ3) is 2.89. The van der Waals surface area contributed by atoms with Crippen molar-refractivity contribution in [2.45, 2.75) is 25.5 Å². The number of nitrogens with zero attached hydrogens (tertiary/aromatic N) is 1. The molecule has 3 rings (SSSR count). The zero-order valence-electron chi connectivity index (χ0n) is 15.1. The number of amides is 1. The topological polar surface area (TPSA) is 40.5 Å².